The summed E-state index contributed by atoms with van der Waals surface area (Å²) in [5, 5.41) is 3.52. The summed E-state index contributed by atoms with van der Waals surface area (Å²) in [6.07, 6.45) is 2.26. The smallest absolute Gasteiger partial charge is 0.000812 e. The highest BCUT2D eigenvalue weighted by Crippen LogP contribution is 2.15. The molecule has 2 heteroatoms. The van der Waals surface area contributed by atoms with Gasteiger partial charge in [0.25, 0.3) is 0 Å². The third kappa shape index (κ3) is 4.43. The lowest BCUT2D eigenvalue weighted by atomic mass is 9.99. The van der Waals surface area contributed by atoms with Crippen molar-refractivity contribution in [1.82, 2.24) is 5.32 Å². The van der Waals surface area contributed by atoms with Gasteiger partial charge in [0.1, 0.15) is 0 Å². The Labute approximate surface area is 112 Å². The molecule has 0 aliphatic carbocycles. The van der Waals surface area contributed by atoms with Gasteiger partial charge in [-0.3, -0.25) is 0 Å². The van der Waals surface area contributed by atoms with E-state index in [1.54, 1.807) is 0 Å². The topological polar surface area (TPSA) is 38.0 Å². The van der Waals surface area contributed by atoms with Crippen molar-refractivity contribution in [2.24, 2.45) is 11.7 Å². The fourth-order valence-electron chi connectivity index (χ4n) is 2.21. The number of hydrogen-bond donors (Lipinski definition) is 2. The Balaban J connectivity index is 2.42. The van der Waals surface area contributed by atoms with Crippen LogP contribution in [-0.4, -0.2) is 19.6 Å². The quantitative estimate of drug-likeness (QED) is 0.728. The first-order valence-electron chi connectivity index (χ1n) is 7.06. The molecule has 0 aliphatic heterocycles. The highest BCUT2D eigenvalue weighted by Gasteiger charge is 2.04. The third-order valence-corrected chi connectivity index (χ3v) is 3.87. The van der Waals surface area contributed by atoms with Crippen LogP contribution in [0, 0.1) is 26.7 Å². The molecule has 0 aliphatic rings. The van der Waals surface area contributed by atoms with Crippen LogP contribution in [-0.2, 0) is 6.42 Å². The Hall–Kier alpha value is -0.860. The second kappa shape index (κ2) is 7.55. The van der Waals surface area contributed by atoms with E-state index in [-0.39, 0.29) is 0 Å². The van der Waals surface area contributed by atoms with Gasteiger partial charge in [0.2, 0.25) is 0 Å². The standard InChI is InChI=1S/C16H28N2/c1-5-15(10-17)11-18-7-6-16-9-13(3)12(2)8-14(16)4/h8-9,15,18H,5-7,10-11,17H2,1-4H3. The molecule has 102 valence electrons. The SMILES string of the molecule is CCC(CN)CNCCc1cc(C)c(C)cc1C. The summed E-state index contributed by atoms with van der Waals surface area (Å²) >= 11 is 0. The molecule has 0 aromatic heterocycles. The van der Waals surface area contributed by atoms with E-state index in [2.05, 4.69) is 45.1 Å². The summed E-state index contributed by atoms with van der Waals surface area (Å²) in [5.41, 5.74) is 11.3. The van der Waals surface area contributed by atoms with E-state index >= 15 is 0 Å². The molecule has 0 radical (unpaired) electrons. The molecule has 2 nitrogen and oxygen atoms in total. The largest absolute Gasteiger partial charge is 0.330 e. The van der Waals surface area contributed by atoms with Gasteiger partial charge < -0.3 is 11.1 Å². The maximum absolute atomic E-state index is 5.70. The average molecular weight is 248 g/mol. The summed E-state index contributed by atoms with van der Waals surface area (Å²) in [6, 6.07) is 4.62. The molecule has 0 bridgehead atoms. The fourth-order valence-corrected chi connectivity index (χ4v) is 2.21. The van der Waals surface area contributed by atoms with Crippen molar-refractivity contribution < 1.29 is 0 Å². The lowest BCUT2D eigenvalue weighted by Crippen LogP contribution is -2.29. The van der Waals surface area contributed by atoms with E-state index in [0.717, 1.165) is 32.5 Å². The predicted molar refractivity (Wildman–Crippen MR) is 80.1 cm³/mol. The minimum Gasteiger partial charge on any atom is -0.330 e. The van der Waals surface area contributed by atoms with Crippen LogP contribution in [0.1, 0.15) is 35.6 Å². The van der Waals surface area contributed by atoms with Gasteiger partial charge >= 0.3 is 0 Å². The minimum absolute atomic E-state index is 0.617. The van der Waals surface area contributed by atoms with Crippen molar-refractivity contribution in [3.8, 4) is 0 Å². The van der Waals surface area contributed by atoms with Crippen molar-refractivity contribution in [2.75, 3.05) is 19.6 Å². The van der Waals surface area contributed by atoms with Gasteiger partial charge in [0.05, 0.1) is 0 Å². The Morgan fingerprint density at radius 2 is 1.78 bits per heavy atom. The van der Waals surface area contributed by atoms with Crippen LogP contribution in [0.4, 0.5) is 0 Å². The molecule has 0 saturated heterocycles. The second-order valence-corrected chi connectivity index (χ2v) is 5.33. The predicted octanol–water partition coefficient (Wildman–Crippen LogP) is 2.73. The molecule has 1 unspecified atom stereocenters. The number of aryl methyl sites for hydroxylation is 3. The van der Waals surface area contributed by atoms with Crippen LogP contribution >= 0.6 is 0 Å². The van der Waals surface area contributed by atoms with Crippen LogP contribution in [0.5, 0.6) is 0 Å². The van der Waals surface area contributed by atoms with Crippen LogP contribution in [0.15, 0.2) is 12.1 Å². The maximum Gasteiger partial charge on any atom is -0.000812 e. The Morgan fingerprint density at radius 3 is 2.39 bits per heavy atom. The number of hydrogen-bond acceptors (Lipinski definition) is 2. The van der Waals surface area contributed by atoms with E-state index in [1.165, 1.54) is 22.3 Å². The van der Waals surface area contributed by atoms with Gasteiger partial charge in [0.15, 0.2) is 0 Å². The highest BCUT2D eigenvalue weighted by molar-refractivity contribution is 5.36. The number of nitrogens with two attached hydrogens (primary N) is 1. The van der Waals surface area contributed by atoms with E-state index in [9.17, 15) is 0 Å². The summed E-state index contributed by atoms with van der Waals surface area (Å²) < 4.78 is 0. The lowest BCUT2D eigenvalue weighted by Gasteiger charge is -2.14. The van der Waals surface area contributed by atoms with Gasteiger partial charge in [-0.1, -0.05) is 25.5 Å². The molecule has 0 spiro atoms. The highest BCUT2D eigenvalue weighted by atomic mass is 14.9. The van der Waals surface area contributed by atoms with Gasteiger partial charge in [0, 0.05) is 0 Å². The van der Waals surface area contributed by atoms with Gasteiger partial charge in [-0.05, 0) is 75.0 Å². The second-order valence-electron chi connectivity index (χ2n) is 5.33. The van der Waals surface area contributed by atoms with E-state index in [1.807, 2.05) is 0 Å². The van der Waals surface area contributed by atoms with Gasteiger partial charge in [-0.15, -0.1) is 0 Å². The molecular weight excluding hydrogens is 220 g/mol. The fraction of sp³-hybridized carbons (Fsp3) is 0.625. The molecule has 0 fully saturated rings. The van der Waals surface area contributed by atoms with Gasteiger partial charge in [-0.2, -0.15) is 0 Å². The molecule has 1 rings (SSSR count). The molecule has 1 aromatic rings. The number of nitrogens with one attached hydrogen (secondary N) is 1. The lowest BCUT2D eigenvalue weighted by molar-refractivity contribution is 0.473. The van der Waals surface area contributed by atoms with Gasteiger partial charge in [-0.25, -0.2) is 0 Å². The Morgan fingerprint density at radius 1 is 1.11 bits per heavy atom. The van der Waals surface area contributed by atoms with Crippen molar-refractivity contribution in [3.63, 3.8) is 0 Å². The molecule has 0 saturated carbocycles. The van der Waals surface area contributed by atoms with Crippen molar-refractivity contribution in [1.29, 1.82) is 0 Å². The molecule has 1 aromatic carbocycles. The number of benzene rings is 1. The van der Waals surface area contributed by atoms with Crippen molar-refractivity contribution >= 4 is 0 Å². The molecule has 18 heavy (non-hydrogen) atoms. The first-order valence-corrected chi connectivity index (χ1v) is 7.06. The summed E-state index contributed by atoms with van der Waals surface area (Å²) in [7, 11) is 0. The Kier molecular flexibility index (Phi) is 6.37. The molecule has 1 atom stereocenters. The van der Waals surface area contributed by atoms with E-state index in [0.29, 0.717) is 5.92 Å². The monoisotopic (exact) mass is 248 g/mol. The molecule has 3 N–H and O–H groups in total. The van der Waals surface area contributed by atoms with Crippen LogP contribution in [0.3, 0.4) is 0 Å². The minimum atomic E-state index is 0.617. The summed E-state index contributed by atoms with van der Waals surface area (Å²) in [4.78, 5) is 0. The molecular formula is C16H28N2. The zero-order valence-electron chi connectivity index (χ0n) is 12.3. The van der Waals surface area contributed by atoms with Crippen LogP contribution < -0.4 is 11.1 Å². The van der Waals surface area contributed by atoms with Crippen molar-refractivity contribution in [3.05, 3.63) is 34.4 Å². The Bertz CT molecular complexity index is 368. The summed E-state index contributed by atoms with van der Waals surface area (Å²) in [5.74, 6) is 0.617. The van der Waals surface area contributed by atoms with Crippen LogP contribution in [0.2, 0.25) is 0 Å². The first kappa shape index (κ1) is 15.2. The molecule has 0 amide bonds. The average Bonchev–Trinajstić information content (AvgIpc) is 2.35. The molecule has 0 heterocycles. The van der Waals surface area contributed by atoms with E-state index < -0.39 is 0 Å². The van der Waals surface area contributed by atoms with Crippen molar-refractivity contribution in [2.45, 2.75) is 40.5 Å². The maximum atomic E-state index is 5.70. The number of rotatable bonds is 7. The third-order valence-electron chi connectivity index (χ3n) is 3.87. The van der Waals surface area contributed by atoms with E-state index in [4.69, 9.17) is 5.73 Å². The normalized spacial score (nSPS) is 12.7. The first-order chi connectivity index (χ1) is 8.58. The van der Waals surface area contributed by atoms with Crippen LogP contribution in [0.25, 0.3) is 0 Å². The zero-order valence-corrected chi connectivity index (χ0v) is 12.3. The zero-order chi connectivity index (χ0) is 13.5. The summed E-state index contributed by atoms with van der Waals surface area (Å²) in [6.45, 7) is 11.6.